The molecule has 0 radical (unpaired) electrons. The lowest BCUT2D eigenvalue weighted by molar-refractivity contribution is -0.384. The smallest absolute Gasteiger partial charge is 0.270 e. The predicted molar refractivity (Wildman–Crippen MR) is 95.6 cm³/mol. The first-order valence-electron chi connectivity index (χ1n) is 8.66. The number of carbonyl (C=O) groups is 1. The fourth-order valence-electron chi connectivity index (χ4n) is 3.31. The lowest BCUT2D eigenvalue weighted by Crippen LogP contribution is -2.30. The Bertz CT molecular complexity index is 881. The molecule has 1 N–H and O–H groups in total. The molecule has 8 nitrogen and oxygen atoms in total. The second-order valence-corrected chi connectivity index (χ2v) is 6.85. The molecule has 8 heteroatoms. The Morgan fingerprint density at radius 1 is 1.27 bits per heavy atom. The Hall–Kier alpha value is -3.03. The largest absolute Gasteiger partial charge is 0.365 e. The van der Waals surface area contributed by atoms with E-state index in [2.05, 4.69) is 15.3 Å². The SMILES string of the molecule is Cc1cc(NC2CC(=O)N(C3CC3)C2)nc(-c2cccc([N+](=O)[O-])c2)n1. The molecule has 4 rings (SSSR count). The van der Waals surface area contributed by atoms with Crippen molar-refractivity contribution in [2.75, 3.05) is 11.9 Å². The number of aromatic nitrogens is 2. The number of anilines is 1. The second kappa shape index (κ2) is 6.36. The summed E-state index contributed by atoms with van der Waals surface area (Å²) in [5, 5.41) is 14.3. The highest BCUT2D eigenvalue weighted by molar-refractivity contribution is 5.80. The van der Waals surface area contributed by atoms with E-state index in [-0.39, 0.29) is 17.6 Å². The maximum absolute atomic E-state index is 12.1. The van der Waals surface area contributed by atoms with Crippen molar-refractivity contribution in [1.82, 2.24) is 14.9 Å². The van der Waals surface area contributed by atoms with Crippen LogP contribution in [0.2, 0.25) is 0 Å². The topological polar surface area (TPSA) is 101 Å². The number of amides is 1. The van der Waals surface area contributed by atoms with Gasteiger partial charge in [-0.1, -0.05) is 12.1 Å². The van der Waals surface area contributed by atoms with E-state index in [0.29, 0.717) is 36.2 Å². The van der Waals surface area contributed by atoms with Crippen LogP contribution < -0.4 is 5.32 Å². The van der Waals surface area contributed by atoms with Crippen molar-refractivity contribution in [1.29, 1.82) is 0 Å². The highest BCUT2D eigenvalue weighted by atomic mass is 16.6. The molecule has 2 aromatic rings. The van der Waals surface area contributed by atoms with E-state index >= 15 is 0 Å². The quantitative estimate of drug-likeness (QED) is 0.655. The molecule has 134 valence electrons. The van der Waals surface area contributed by atoms with Gasteiger partial charge in [0.2, 0.25) is 5.91 Å². The van der Waals surface area contributed by atoms with Crippen LogP contribution >= 0.6 is 0 Å². The van der Waals surface area contributed by atoms with Gasteiger partial charge in [0.15, 0.2) is 5.82 Å². The zero-order valence-corrected chi connectivity index (χ0v) is 14.4. The molecule has 0 bridgehead atoms. The minimum Gasteiger partial charge on any atom is -0.365 e. The number of nitrogens with zero attached hydrogens (tertiary/aromatic N) is 4. The first kappa shape index (κ1) is 16.4. The van der Waals surface area contributed by atoms with E-state index in [9.17, 15) is 14.9 Å². The number of hydrogen-bond acceptors (Lipinski definition) is 6. The van der Waals surface area contributed by atoms with Gasteiger partial charge < -0.3 is 10.2 Å². The van der Waals surface area contributed by atoms with Gasteiger partial charge in [-0.05, 0) is 19.8 Å². The van der Waals surface area contributed by atoms with Crippen molar-refractivity contribution >= 4 is 17.4 Å². The van der Waals surface area contributed by atoms with Gasteiger partial charge >= 0.3 is 0 Å². The van der Waals surface area contributed by atoms with E-state index in [1.54, 1.807) is 12.1 Å². The minimum atomic E-state index is -0.435. The molecule has 2 heterocycles. The van der Waals surface area contributed by atoms with Crippen molar-refractivity contribution in [2.24, 2.45) is 0 Å². The van der Waals surface area contributed by atoms with Gasteiger partial charge in [-0.2, -0.15) is 0 Å². The van der Waals surface area contributed by atoms with Gasteiger partial charge in [0.05, 0.1) is 11.0 Å². The molecule has 1 amide bonds. The van der Waals surface area contributed by atoms with Crippen molar-refractivity contribution in [3.05, 3.63) is 46.1 Å². The monoisotopic (exact) mass is 353 g/mol. The molecule has 26 heavy (non-hydrogen) atoms. The Balaban J connectivity index is 1.56. The third-order valence-electron chi connectivity index (χ3n) is 4.67. The lowest BCUT2D eigenvalue weighted by atomic mass is 10.2. The van der Waals surface area contributed by atoms with Crippen LogP contribution in [0.5, 0.6) is 0 Å². The van der Waals surface area contributed by atoms with Gasteiger partial charge in [0, 0.05) is 48.5 Å². The van der Waals surface area contributed by atoms with E-state index < -0.39 is 4.92 Å². The van der Waals surface area contributed by atoms with Crippen LogP contribution in [0.15, 0.2) is 30.3 Å². The van der Waals surface area contributed by atoms with E-state index in [1.807, 2.05) is 17.9 Å². The maximum atomic E-state index is 12.1. The van der Waals surface area contributed by atoms with Crippen molar-refractivity contribution < 1.29 is 9.72 Å². The van der Waals surface area contributed by atoms with Crippen molar-refractivity contribution in [3.8, 4) is 11.4 Å². The molecule has 1 aliphatic heterocycles. The zero-order valence-electron chi connectivity index (χ0n) is 14.4. The third-order valence-corrected chi connectivity index (χ3v) is 4.67. The normalized spacial score (nSPS) is 19.7. The van der Waals surface area contributed by atoms with E-state index in [1.165, 1.54) is 12.1 Å². The number of nitrogens with one attached hydrogen (secondary N) is 1. The van der Waals surface area contributed by atoms with E-state index in [4.69, 9.17) is 0 Å². The molecule has 1 aromatic heterocycles. The summed E-state index contributed by atoms with van der Waals surface area (Å²) in [5.74, 6) is 1.25. The number of rotatable bonds is 5. The van der Waals surface area contributed by atoms with Crippen molar-refractivity contribution in [3.63, 3.8) is 0 Å². The predicted octanol–water partition coefficient (Wildman–Crippen LogP) is 2.54. The number of carbonyl (C=O) groups excluding carboxylic acids is 1. The first-order chi connectivity index (χ1) is 12.5. The molecule has 1 unspecified atom stereocenters. The van der Waals surface area contributed by atoms with Crippen LogP contribution in [0.1, 0.15) is 25.0 Å². The summed E-state index contributed by atoms with van der Waals surface area (Å²) in [5.41, 5.74) is 1.35. The number of non-ortho nitro benzene ring substituents is 1. The van der Waals surface area contributed by atoms with Gasteiger partial charge in [0.25, 0.3) is 5.69 Å². The molecule has 2 fully saturated rings. The highest BCUT2D eigenvalue weighted by Crippen LogP contribution is 2.31. The average Bonchev–Trinajstić information content (AvgIpc) is 3.38. The molecular formula is C18H19N5O3. The van der Waals surface area contributed by atoms with Crippen molar-refractivity contribution in [2.45, 2.75) is 38.3 Å². The second-order valence-electron chi connectivity index (χ2n) is 6.85. The number of aryl methyl sites for hydroxylation is 1. The number of hydrogen-bond donors (Lipinski definition) is 1. The van der Waals surface area contributed by atoms with E-state index in [0.717, 1.165) is 18.5 Å². The van der Waals surface area contributed by atoms with Crippen LogP contribution in [0, 0.1) is 17.0 Å². The summed E-state index contributed by atoms with van der Waals surface area (Å²) in [7, 11) is 0. The van der Waals surface area contributed by atoms with Gasteiger partial charge in [-0.25, -0.2) is 9.97 Å². The van der Waals surface area contributed by atoms with Gasteiger partial charge in [-0.15, -0.1) is 0 Å². The Morgan fingerprint density at radius 2 is 2.08 bits per heavy atom. The van der Waals surface area contributed by atoms with Crippen LogP contribution in [0.4, 0.5) is 11.5 Å². The van der Waals surface area contributed by atoms with Crippen LogP contribution in [0.25, 0.3) is 11.4 Å². The van der Waals surface area contributed by atoms with Crippen LogP contribution in [-0.4, -0.2) is 44.3 Å². The summed E-state index contributed by atoms with van der Waals surface area (Å²) in [6, 6.07) is 8.54. The standard InChI is InChI=1S/C18H19N5O3/c1-11-7-16(20-13-9-17(24)22(10-13)14-5-6-14)21-18(19-11)12-3-2-4-15(8-12)23(25)26/h2-4,7-8,13-14H,5-6,9-10H2,1H3,(H,19,20,21). The molecule has 1 saturated heterocycles. The minimum absolute atomic E-state index is 0.00331. The summed E-state index contributed by atoms with van der Waals surface area (Å²) < 4.78 is 0. The number of benzene rings is 1. The summed E-state index contributed by atoms with van der Waals surface area (Å²) in [6.07, 6.45) is 2.66. The van der Waals surface area contributed by atoms with Crippen LogP contribution in [-0.2, 0) is 4.79 Å². The summed E-state index contributed by atoms with van der Waals surface area (Å²) >= 11 is 0. The molecular weight excluding hydrogens is 334 g/mol. The molecule has 0 spiro atoms. The van der Waals surface area contributed by atoms with Crippen LogP contribution in [0.3, 0.4) is 0 Å². The number of likely N-dealkylation sites (tertiary alicyclic amines) is 1. The average molecular weight is 353 g/mol. The zero-order chi connectivity index (χ0) is 18.3. The first-order valence-corrected chi connectivity index (χ1v) is 8.66. The Kier molecular flexibility index (Phi) is 4.02. The Morgan fingerprint density at radius 3 is 2.81 bits per heavy atom. The molecule has 1 atom stereocenters. The molecule has 1 aromatic carbocycles. The number of nitro groups is 1. The lowest BCUT2D eigenvalue weighted by Gasteiger charge is -2.17. The Labute approximate surface area is 150 Å². The highest BCUT2D eigenvalue weighted by Gasteiger charge is 2.39. The fraction of sp³-hybridized carbons (Fsp3) is 0.389. The fourth-order valence-corrected chi connectivity index (χ4v) is 3.31. The summed E-state index contributed by atoms with van der Waals surface area (Å²) in [6.45, 7) is 2.54. The summed E-state index contributed by atoms with van der Waals surface area (Å²) in [4.78, 5) is 33.5. The molecule has 1 aliphatic carbocycles. The third kappa shape index (κ3) is 3.35. The molecule has 1 saturated carbocycles. The van der Waals surface area contributed by atoms with Gasteiger partial charge in [0.1, 0.15) is 5.82 Å². The molecule has 2 aliphatic rings. The number of nitro benzene ring substituents is 1. The van der Waals surface area contributed by atoms with Gasteiger partial charge in [-0.3, -0.25) is 14.9 Å². The maximum Gasteiger partial charge on any atom is 0.270 e.